The Hall–Kier alpha value is -1.17. The SMILES string of the molecule is CC(N)C(C)C(=O)N1CCOC(c2ccc(F)c(Cl)c2)C1. The summed E-state index contributed by atoms with van der Waals surface area (Å²) in [6, 6.07) is 4.30. The number of benzene rings is 1. The van der Waals surface area contributed by atoms with Crippen LogP contribution >= 0.6 is 11.6 Å². The second-order valence-electron chi connectivity index (χ2n) is 5.47. The third kappa shape index (κ3) is 3.73. The first-order chi connectivity index (χ1) is 9.90. The van der Waals surface area contributed by atoms with Gasteiger partial charge in [-0.2, -0.15) is 0 Å². The van der Waals surface area contributed by atoms with Crippen LogP contribution in [0.15, 0.2) is 18.2 Å². The average molecular weight is 315 g/mol. The summed E-state index contributed by atoms with van der Waals surface area (Å²) in [5.74, 6) is -0.679. The van der Waals surface area contributed by atoms with E-state index in [0.717, 1.165) is 5.56 Å². The normalized spacial score (nSPS) is 22.0. The molecule has 0 saturated carbocycles. The molecule has 1 saturated heterocycles. The highest BCUT2D eigenvalue weighted by Crippen LogP contribution is 2.26. The first kappa shape index (κ1) is 16.2. The van der Waals surface area contributed by atoms with Gasteiger partial charge in [0, 0.05) is 12.6 Å². The van der Waals surface area contributed by atoms with E-state index in [4.69, 9.17) is 22.1 Å². The van der Waals surface area contributed by atoms with Crippen molar-refractivity contribution in [2.45, 2.75) is 26.0 Å². The fourth-order valence-electron chi connectivity index (χ4n) is 2.28. The van der Waals surface area contributed by atoms with Crippen LogP contribution in [0.1, 0.15) is 25.5 Å². The molecule has 6 heteroatoms. The molecule has 0 aromatic heterocycles. The van der Waals surface area contributed by atoms with Gasteiger partial charge >= 0.3 is 0 Å². The summed E-state index contributed by atoms with van der Waals surface area (Å²) in [7, 11) is 0. The molecule has 0 radical (unpaired) electrons. The molecule has 1 amide bonds. The quantitative estimate of drug-likeness (QED) is 0.932. The third-order valence-electron chi connectivity index (χ3n) is 3.87. The van der Waals surface area contributed by atoms with Crippen LogP contribution in [0.25, 0.3) is 0 Å². The molecule has 21 heavy (non-hydrogen) atoms. The number of ether oxygens (including phenoxy) is 1. The van der Waals surface area contributed by atoms with Crippen molar-refractivity contribution < 1.29 is 13.9 Å². The third-order valence-corrected chi connectivity index (χ3v) is 4.16. The van der Waals surface area contributed by atoms with Crippen LogP contribution in [0, 0.1) is 11.7 Å². The molecule has 3 atom stereocenters. The molecule has 0 spiro atoms. The minimum absolute atomic E-state index is 0.0199. The Morgan fingerprint density at radius 1 is 1.52 bits per heavy atom. The molecule has 2 rings (SSSR count). The highest BCUT2D eigenvalue weighted by Gasteiger charge is 2.29. The van der Waals surface area contributed by atoms with Gasteiger partial charge in [0.15, 0.2) is 0 Å². The first-order valence-electron chi connectivity index (χ1n) is 7.01. The Kier molecular flexibility index (Phi) is 5.19. The van der Waals surface area contributed by atoms with E-state index in [1.54, 1.807) is 17.0 Å². The van der Waals surface area contributed by atoms with Gasteiger partial charge in [0.2, 0.25) is 5.91 Å². The van der Waals surface area contributed by atoms with Crippen molar-refractivity contribution in [3.8, 4) is 0 Å². The number of carbonyl (C=O) groups is 1. The standard InChI is InChI=1S/C15H20ClFN2O2/c1-9(10(2)18)15(20)19-5-6-21-14(8-19)11-3-4-13(17)12(16)7-11/h3-4,7,9-10,14H,5-6,8,18H2,1-2H3. The van der Waals surface area contributed by atoms with Gasteiger partial charge in [0.05, 0.1) is 24.1 Å². The smallest absolute Gasteiger partial charge is 0.227 e. The number of hydrogen-bond donors (Lipinski definition) is 1. The molecule has 4 nitrogen and oxygen atoms in total. The van der Waals surface area contributed by atoms with Gasteiger partial charge in [-0.1, -0.05) is 24.6 Å². The lowest BCUT2D eigenvalue weighted by Crippen LogP contribution is -2.47. The zero-order valence-electron chi connectivity index (χ0n) is 12.2. The Bertz CT molecular complexity index is 524. The largest absolute Gasteiger partial charge is 0.370 e. The molecule has 1 fully saturated rings. The molecule has 0 bridgehead atoms. The Morgan fingerprint density at radius 2 is 2.24 bits per heavy atom. The number of amides is 1. The molecule has 116 valence electrons. The molecule has 3 unspecified atom stereocenters. The van der Waals surface area contributed by atoms with Crippen LogP contribution in [0.5, 0.6) is 0 Å². The molecule has 1 heterocycles. The first-order valence-corrected chi connectivity index (χ1v) is 7.39. The summed E-state index contributed by atoms with van der Waals surface area (Å²) in [5, 5.41) is 0.0588. The number of rotatable bonds is 3. The predicted molar refractivity (Wildman–Crippen MR) is 79.5 cm³/mol. The summed E-state index contributed by atoms with van der Waals surface area (Å²) in [6.45, 7) is 5.06. The second-order valence-corrected chi connectivity index (χ2v) is 5.87. The van der Waals surface area contributed by atoms with E-state index >= 15 is 0 Å². The summed E-state index contributed by atoms with van der Waals surface area (Å²) in [4.78, 5) is 14.1. The summed E-state index contributed by atoms with van der Waals surface area (Å²) in [6.07, 6.45) is -0.291. The highest BCUT2D eigenvalue weighted by atomic mass is 35.5. The van der Waals surface area contributed by atoms with E-state index in [9.17, 15) is 9.18 Å². The van der Waals surface area contributed by atoms with Gasteiger partial charge in [-0.05, 0) is 24.6 Å². The van der Waals surface area contributed by atoms with Crippen LogP contribution < -0.4 is 5.73 Å². The predicted octanol–water partition coefficient (Wildman–Crippen LogP) is 2.36. The number of hydrogen-bond acceptors (Lipinski definition) is 3. The average Bonchev–Trinajstić information content (AvgIpc) is 2.48. The molecule has 1 aromatic carbocycles. The number of carbonyl (C=O) groups excluding carboxylic acids is 1. The van der Waals surface area contributed by atoms with Crippen molar-refractivity contribution in [1.82, 2.24) is 4.90 Å². The number of morpholine rings is 1. The van der Waals surface area contributed by atoms with Gasteiger partial charge < -0.3 is 15.4 Å². The molecule has 2 N–H and O–H groups in total. The Morgan fingerprint density at radius 3 is 2.86 bits per heavy atom. The molecule has 1 aromatic rings. The Balaban J connectivity index is 2.10. The van der Waals surface area contributed by atoms with Crippen molar-refractivity contribution in [3.63, 3.8) is 0 Å². The van der Waals surface area contributed by atoms with Crippen molar-refractivity contribution in [1.29, 1.82) is 0 Å². The second kappa shape index (κ2) is 6.73. The number of nitrogens with zero attached hydrogens (tertiary/aromatic N) is 1. The molecule has 1 aliphatic rings. The van der Waals surface area contributed by atoms with Crippen LogP contribution in [-0.4, -0.2) is 36.5 Å². The van der Waals surface area contributed by atoms with Gasteiger partial charge in [-0.25, -0.2) is 4.39 Å². The van der Waals surface area contributed by atoms with Crippen LogP contribution in [-0.2, 0) is 9.53 Å². The van der Waals surface area contributed by atoms with Gasteiger partial charge in [0.1, 0.15) is 11.9 Å². The fraction of sp³-hybridized carbons (Fsp3) is 0.533. The zero-order chi connectivity index (χ0) is 15.6. The maximum atomic E-state index is 13.2. The van der Waals surface area contributed by atoms with E-state index in [2.05, 4.69) is 0 Å². The van der Waals surface area contributed by atoms with E-state index < -0.39 is 5.82 Å². The van der Waals surface area contributed by atoms with Crippen LogP contribution in [0.4, 0.5) is 4.39 Å². The molecular formula is C15H20ClFN2O2. The van der Waals surface area contributed by atoms with Crippen LogP contribution in [0.2, 0.25) is 5.02 Å². The lowest BCUT2D eigenvalue weighted by Gasteiger charge is -2.35. The highest BCUT2D eigenvalue weighted by molar-refractivity contribution is 6.30. The van der Waals surface area contributed by atoms with Crippen molar-refractivity contribution in [2.24, 2.45) is 11.7 Å². The van der Waals surface area contributed by atoms with E-state index in [1.807, 2.05) is 13.8 Å². The number of nitrogens with two attached hydrogens (primary N) is 1. The summed E-state index contributed by atoms with van der Waals surface area (Å²) >= 11 is 5.80. The lowest BCUT2D eigenvalue weighted by molar-refractivity contribution is -0.143. The van der Waals surface area contributed by atoms with Crippen molar-refractivity contribution in [2.75, 3.05) is 19.7 Å². The van der Waals surface area contributed by atoms with Gasteiger partial charge in [0.25, 0.3) is 0 Å². The zero-order valence-corrected chi connectivity index (χ0v) is 12.9. The summed E-state index contributed by atoms with van der Waals surface area (Å²) < 4.78 is 18.9. The summed E-state index contributed by atoms with van der Waals surface area (Å²) in [5.41, 5.74) is 6.56. The van der Waals surface area contributed by atoms with Crippen LogP contribution in [0.3, 0.4) is 0 Å². The maximum absolute atomic E-state index is 13.2. The van der Waals surface area contributed by atoms with Gasteiger partial charge in [-0.3, -0.25) is 4.79 Å². The Labute approximate surface area is 129 Å². The van der Waals surface area contributed by atoms with E-state index in [-0.39, 0.29) is 29.0 Å². The molecule has 0 aliphatic carbocycles. The van der Waals surface area contributed by atoms with Gasteiger partial charge in [-0.15, -0.1) is 0 Å². The molecular weight excluding hydrogens is 295 g/mol. The minimum atomic E-state index is -0.463. The topological polar surface area (TPSA) is 55.6 Å². The van der Waals surface area contributed by atoms with Crippen molar-refractivity contribution >= 4 is 17.5 Å². The monoisotopic (exact) mass is 314 g/mol. The lowest BCUT2D eigenvalue weighted by atomic mass is 10.0. The van der Waals surface area contributed by atoms with E-state index in [0.29, 0.717) is 19.7 Å². The minimum Gasteiger partial charge on any atom is -0.370 e. The van der Waals surface area contributed by atoms with Crippen molar-refractivity contribution in [3.05, 3.63) is 34.6 Å². The fourth-order valence-corrected chi connectivity index (χ4v) is 2.47. The molecule has 1 aliphatic heterocycles. The van der Waals surface area contributed by atoms with E-state index in [1.165, 1.54) is 6.07 Å². The maximum Gasteiger partial charge on any atom is 0.227 e. The number of halogens is 2.